The van der Waals surface area contributed by atoms with Crippen LogP contribution in [-0.2, 0) is 6.18 Å². The van der Waals surface area contributed by atoms with Crippen LogP contribution in [0.2, 0.25) is 0 Å². The van der Waals surface area contributed by atoms with Crippen LogP contribution in [0.25, 0.3) is 0 Å². The lowest BCUT2D eigenvalue weighted by Gasteiger charge is -2.20. The lowest BCUT2D eigenvalue weighted by molar-refractivity contribution is -0.137. The van der Waals surface area contributed by atoms with Gasteiger partial charge in [-0.25, -0.2) is 0 Å². The highest BCUT2D eigenvalue weighted by Crippen LogP contribution is 2.34. The van der Waals surface area contributed by atoms with E-state index < -0.39 is 11.7 Å². The van der Waals surface area contributed by atoms with Gasteiger partial charge in [-0.15, -0.1) is 0 Å². The summed E-state index contributed by atoms with van der Waals surface area (Å²) < 4.78 is 37.7. The summed E-state index contributed by atoms with van der Waals surface area (Å²) in [7, 11) is 1.83. The molecule has 0 atom stereocenters. The Bertz CT molecular complexity index is 366. The summed E-state index contributed by atoms with van der Waals surface area (Å²) in [5, 5.41) is 0.761. The fraction of sp³-hybridized carbons (Fsp3) is 0.400. The van der Waals surface area contributed by atoms with E-state index in [1.807, 2.05) is 11.9 Å². The van der Waals surface area contributed by atoms with E-state index in [1.54, 1.807) is 0 Å². The van der Waals surface area contributed by atoms with Crippen LogP contribution in [0, 0.1) is 0 Å². The first-order valence-electron chi connectivity index (χ1n) is 4.50. The van der Waals surface area contributed by atoms with E-state index in [9.17, 15) is 13.2 Å². The largest absolute Gasteiger partial charge is 0.416 e. The predicted octanol–water partition coefficient (Wildman–Crippen LogP) is 4.30. The van der Waals surface area contributed by atoms with Crippen LogP contribution in [0.5, 0.6) is 0 Å². The molecule has 0 aliphatic carbocycles. The number of hydrogen-bond acceptors (Lipinski definition) is 1. The molecule has 1 aromatic rings. The van der Waals surface area contributed by atoms with Crippen molar-refractivity contribution in [3.8, 4) is 0 Å². The molecule has 0 saturated carbocycles. The molecule has 0 heterocycles. The van der Waals surface area contributed by atoms with Gasteiger partial charge in [0.05, 0.1) is 11.3 Å². The normalized spacial score (nSPS) is 11.6. The van der Waals surface area contributed by atoms with Crippen LogP contribution < -0.4 is 4.90 Å². The molecule has 6 heteroatoms. The number of halogens is 5. The summed E-state index contributed by atoms with van der Waals surface area (Å²) >= 11 is 6.43. The molecule has 0 radical (unpaired) electrons. The molecule has 0 aromatic heterocycles. The van der Waals surface area contributed by atoms with E-state index in [2.05, 4.69) is 31.9 Å². The van der Waals surface area contributed by atoms with Crippen LogP contribution >= 0.6 is 31.9 Å². The number of rotatable bonds is 3. The smallest absolute Gasteiger partial charge is 0.373 e. The average molecular weight is 361 g/mol. The molecule has 0 unspecified atom stereocenters. The number of benzene rings is 1. The molecule has 1 nitrogen and oxygen atoms in total. The lowest BCUT2D eigenvalue weighted by atomic mass is 10.2. The third kappa shape index (κ3) is 3.38. The number of nitrogens with zero attached hydrogens (tertiary/aromatic N) is 1. The predicted molar refractivity (Wildman–Crippen MR) is 66.2 cm³/mol. The van der Waals surface area contributed by atoms with Crippen LogP contribution in [0.1, 0.15) is 5.56 Å². The highest BCUT2D eigenvalue weighted by molar-refractivity contribution is 9.10. The Morgan fingerprint density at radius 3 is 2.38 bits per heavy atom. The molecule has 0 N–H and O–H groups in total. The third-order valence-electron chi connectivity index (χ3n) is 2.11. The minimum Gasteiger partial charge on any atom is -0.373 e. The Morgan fingerprint density at radius 2 is 1.94 bits per heavy atom. The number of hydrogen-bond donors (Lipinski definition) is 0. The number of anilines is 1. The second-order valence-electron chi connectivity index (χ2n) is 3.27. The lowest BCUT2D eigenvalue weighted by Crippen LogP contribution is -2.20. The van der Waals surface area contributed by atoms with E-state index in [0.717, 1.165) is 29.7 Å². The van der Waals surface area contributed by atoms with Crippen molar-refractivity contribution in [3.05, 3.63) is 28.2 Å². The zero-order valence-corrected chi connectivity index (χ0v) is 11.7. The molecular weight excluding hydrogens is 351 g/mol. The van der Waals surface area contributed by atoms with Crippen molar-refractivity contribution >= 4 is 37.5 Å². The SMILES string of the molecule is CN(CCBr)c1ccc(C(F)(F)F)cc1Br. The van der Waals surface area contributed by atoms with Crippen molar-refractivity contribution in [2.45, 2.75) is 6.18 Å². The Hall–Kier alpha value is -0.230. The van der Waals surface area contributed by atoms with Gasteiger partial charge < -0.3 is 4.90 Å². The van der Waals surface area contributed by atoms with E-state index in [-0.39, 0.29) is 0 Å². The van der Waals surface area contributed by atoms with E-state index in [0.29, 0.717) is 4.47 Å². The van der Waals surface area contributed by atoms with E-state index in [1.165, 1.54) is 6.07 Å². The Balaban J connectivity index is 3.00. The fourth-order valence-electron chi connectivity index (χ4n) is 1.24. The summed E-state index contributed by atoms with van der Waals surface area (Å²) in [5.41, 5.74) is 0.0998. The topological polar surface area (TPSA) is 3.24 Å². The molecule has 90 valence electrons. The first-order chi connectivity index (χ1) is 7.36. The summed E-state index contributed by atoms with van der Waals surface area (Å²) in [6.45, 7) is 0.726. The first kappa shape index (κ1) is 13.8. The first-order valence-corrected chi connectivity index (χ1v) is 6.41. The summed E-state index contributed by atoms with van der Waals surface area (Å²) in [5.74, 6) is 0. The molecule has 1 aromatic carbocycles. The second-order valence-corrected chi connectivity index (χ2v) is 4.92. The monoisotopic (exact) mass is 359 g/mol. The molecule has 0 saturated heterocycles. The molecule has 0 amide bonds. The minimum absolute atomic E-state index is 0.450. The fourth-order valence-corrected chi connectivity index (χ4v) is 2.45. The van der Waals surface area contributed by atoms with Crippen molar-refractivity contribution in [1.82, 2.24) is 0 Å². The maximum Gasteiger partial charge on any atom is 0.416 e. The summed E-state index contributed by atoms with van der Waals surface area (Å²) in [6.07, 6.45) is -4.30. The van der Waals surface area contributed by atoms with Crippen LogP contribution in [-0.4, -0.2) is 18.9 Å². The standard InChI is InChI=1S/C10H10Br2F3N/c1-16(5-4-11)9-3-2-7(6-8(9)12)10(13,14)15/h2-3,6H,4-5H2,1H3. The molecule has 1 rings (SSSR count). The van der Waals surface area contributed by atoms with Gasteiger partial charge in [0.2, 0.25) is 0 Å². The van der Waals surface area contributed by atoms with Gasteiger partial charge in [0, 0.05) is 23.4 Å². The maximum atomic E-state index is 12.4. The summed E-state index contributed by atoms with van der Waals surface area (Å²) in [6, 6.07) is 3.65. The van der Waals surface area contributed by atoms with Crippen LogP contribution in [0.4, 0.5) is 18.9 Å². The third-order valence-corrected chi connectivity index (χ3v) is 3.10. The number of alkyl halides is 4. The average Bonchev–Trinajstić information content (AvgIpc) is 2.16. The van der Waals surface area contributed by atoms with Crippen molar-refractivity contribution in [3.63, 3.8) is 0 Å². The van der Waals surface area contributed by atoms with Gasteiger partial charge in [-0.2, -0.15) is 13.2 Å². The summed E-state index contributed by atoms with van der Waals surface area (Å²) in [4.78, 5) is 1.87. The van der Waals surface area contributed by atoms with Gasteiger partial charge in [0.15, 0.2) is 0 Å². The molecule has 0 spiro atoms. The molecule has 16 heavy (non-hydrogen) atoms. The van der Waals surface area contributed by atoms with Gasteiger partial charge in [-0.1, -0.05) is 15.9 Å². The second kappa shape index (κ2) is 5.40. The highest BCUT2D eigenvalue weighted by Gasteiger charge is 2.30. The van der Waals surface area contributed by atoms with E-state index >= 15 is 0 Å². The van der Waals surface area contributed by atoms with Crippen molar-refractivity contribution in [2.24, 2.45) is 0 Å². The highest BCUT2D eigenvalue weighted by atomic mass is 79.9. The molecule has 0 aliphatic rings. The zero-order chi connectivity index (χ0) is 12.3. The minimum atomic E-state index is -4.30. The van der Waals surface area contributed by atoms with Crippen molar-refractivity contribution < 1.29 is 13.2 Å². The van der Waals surface area contributed by atoms with Gasteiger partial charge in [0.1, 0.15) is 0 Å². The Morgan fingerprint density at radius 1 is 1.31 bits per heavy atom. The van der Waals surface area contributed by atoms with Gasteiger partial charge >= 0.3 is 6.18 Å². The van der Waals surface area contributed by atoms with Crippen molar-refractivity contribution in [2.75, 3.05) is 23.8 Å². The maximum absolute atomic E-state index is 12.4. The molecule has 0 fully saturated rings. The van der Waals surface area contributed by atoms with Crippen molar-refractivity contribution in [1.29, 1.82) is 0 Å². The van der Waals surface area contributed by atoms with Crippen LogP contribution in [0.3, 0.4) is 0 Å². The van der Waals surface area contributed by atoms with Crippen LogP contribution in [0.15, 0.2) is 22.7 Å². The quantitative estimate of drug-likeness (QED) is 0.726. The molecule has 0 aliphatic heterocycles. The molecule has 0 bridgehead atoms. The van der Waals surface area contributed by atoms with Gasteiger partial charge in [-0.3, -0.25) is 0 Å². The van der Waals surface area contributed by atoms with Gasteiger partial charge in [0.25, 0.3) is 0 Å². The Kier molecular flexibility index (Phi) is 4.67. The molecular formula is C10H10Br2F3N. The van der Waals surface area contributed by atoms with E-state index in [4.69, 9.17) is 0 Å². The zero-order valence-electron chi connectivity index (χ0n) is 8.48. The van der Waals surface area contributed by atoms with Gasteiger partial charge in [-0.05, 0) is 34.1 Å². The Labute approximate surface area is 109 Å².